The van der Waals surface area contributed by atoms with Crippen molar-refractivity contribution in [3.05, 3.63) is 231 Å². The van der Waals surface area contributed by atoms with Gasteiger partial charge in [0.2, 0.25) is 0 Å². The molecule has 0 N–H and O–H groups in total. The largest absolute Gasteiger partial charge is 0.310 e. The van der Waals surface area contributed by atoms with Gasteiger partial charge in [0, 0.05) is 33.5 Å². The Morgan fingerprint density at radius 2 is 0.667 bits per heavy atom. The molecule has 0 unspecified atom stereocenters. The van der Waals surface area contributed by atoms with Crippen molar-refractivity contribution in [3.63, 3.8) is 0 Å². The van der Waals surface area contributed by atoms with Crippen LogP contribution in [0.2, 0.25) is 0 Å². The summed E-state index contributed by atoms with van der Waals surface area (Å²) in [6, 6.07) is 84.3. The molecule has 0 radical (unpaired) electrons. The Morgan fingerprint density at radius 3 is 1.30 bits per heavy atom. The summed E-state index contributed by atoms with van der Waals surface area (Å²) in [5.74, 6) is 0. The first kappa shape index (κ1) is 34.1. The molecule has 0 saturated heterocycles. The second-order valence-corrected chi connectivity index (χ2v) is 15.8. The van der Waals surface area contributed by atoms with Crippen molar-refractivity contribution in [1.82, 2.24) is 4.57 Å². The second-order valence-electron chi connectivity index (χ2n) is 15.8. The summed E-state index contributed by atoms with van der Waals surface area (Å²) in [6.45, 7) is 0. The molecule has 0 amide bonds. The van der Waals surface area contributed by atoms with Crippen molar-refractivity contribution in [2.75, 3.05) is 4.90 Å². The Kier molecular flexibility index (Phi) is 7.89. The number of hydrogen-bond donors (Lipinski definition) is 0. The SMILES string of the molecule is c1ccc(-n2c3ccccc3c3cc(-c4ccc(N(c5ccc(-c6ccc7ccc8ccccc8c7c6)cc5)c5ccc6ccc7ccccc7c6c5)cc4)ccc32)cc1. The first-order valence-electron chi connectivity index (χ1n) is 20.7. The third-order valence-electron chi connectivity index (χ3n) is 12.3. The van der Waals surface area contributed by atoms with Gasteiger partial charge in [-0.2, -0.15) is 0 Å². The molecule has 2 heteroatoms. The van der Waals surface area contributed by atoms with Crippen LogP contribution in [0.4, 0.5) is 17.1 Å². The van der Waals surface area contributed by atoms with Crippen LogP contribution in [0.15, 0.2) is 231 Å². The minimum absolute atomic E-state index is 1.10. The molecule has 1 aromatic heterocycles. The molecule has 60 heavy (non-hydrogen) atoms. The van der Waals surface area contributed by atoms with Gasteiger partial charge in [0.05, 0.1) is 11.0 Å². The highest BCUT2D eigenvalue weighted by Gasteiger charge is 2.17. The molecular weight excluding hydrogens is 725 g/mol. The molecule has 0 aliphatic heterocycles. The average molecular weight is 763 g/mol. The average Bonchev–Trinajstić information content (AvgIpc) is 3.66. The molecular formula is C58H38N2. The number of hydrogen-bond acceptors (Lipinski definition) is 1. The van der Waals surface area contributed by atoms with E-state index in [2.05, 4.69) is 240 Å². The molecule has 0 fully saturated rings. The van der Waals surface area contributed by atoms with Crippen molar-refractivity contribution in [2.45, 2.75) is 0 Å². The molecule has 0 atom stereocenters. The highest BCUT2D eigenvalue weighted by atomic mass is 15.1. The lowest BCUT2D eigenvalue weighted by Gasteiger charge is -2.26. The fraction of sp³-hybridized carbons (Fsp3) is 0. The van der Waals surface area contributed by atoms with E-state index in [0.717, 1.165) is 17.1 Å². The normalized spacial score (nSPS) is 11.7. The molecule has 12 rings (SSSR count). The van der Waals surface area contributed by atoms with Gasteiger partial charge in [-0.1, -0.05) is 158 Å². The van der Waals surface area contributed by atoms with Gasteiger partial charge in [0.1, 0.15) is 0 Å². The van der Waals surface area contributed by atoms with E-state index in [1.165, 1.54) is 92.8 Å². The molecule has 0 bridgehead atoms. The van der Waals surface area contributed by atoms with Gasteiger partial charge >= 0.3 is 0 Å². The van der Waals surface area contributed by atoms with Gasteiger partial charge in [0.25, 0.3) is 0 Å². The number of para-hydroxylation sites is 2. The van der Waals surface area contributed by atoms with Crippen molar-refractivity contribution in [2.24, 2.45) is 0 Å². The standard InChI is InChI=1S/C58H38N2/c1-2-12-47(13-3-1)60-57-17-9-8-16-53(57)56-37-46(29-35-58(56)60)40-26-32-49(33-27-40)59(50-34-28-44-21-19-42-11-5-7-15-52(42)55(44)38-50)48-30-24-39(25-31-48)45-23-22-43-20-18-41-10-4-6-14-51(41)54(43)36-45/h1-38H. The van der Waals surface area contributed by atoms with Crippen LogP contribution in [-0.4, -0.2) is 4.57 Å². The zero-order valence-corrected chi connectivity index (χ0v) is 32.8. The van der Waals surface area contributed by atoms with Crippen LogP contribution in [0.5, 0.6) is 0 Å². The molecule has 2 nitrogen and oxygen atoms in total. The summed E-state index contributed by atoms with van der Waals surface area (Å²) in [7, 11) is 0. The van der Waals surface area contributed by atoms with Crippen LogP contribution in [0.1, 0.15) is 0 Å². The smallest absolute Gasteiger partial charge is 0.0541 e. The Balaban J connectivity index is 0.961. The highest BCUT2D eigenvalue weighted by molar-refractivity contribution is 6.12. The maximum absolute atomic E-state index is 2.39. The molecule has 0 aliphatic carbocycles. The van der Waals surface area contributed by atoms with Crippen molar-refractivity contribution < 1.29 is 0 Å². The lowest BCUT2D eigenvalue weighted by atomic mass is 9.97. The van der Waals surface area contributed by atoms with Crippen LogP contribution < -0.4 is 4.90 Å². The Labute approximate surface area is 348 Å². The van der Waals surface area contributed by atoms with Crippen molar-refractivity contribution in [3.8, 4) is 27.9 Å². The topological polar surface area (TPSA) is 8.17 Å². The zero-order valence-electron chi connectivity index (χ0n) is 32.8. The lowest BCUT2D eigenvalue weighted by molar-refractivity contribution is 1.18. The van der Waals surface area contributed by atoms with Gasteiger partial charge in [-0.15, -0.1) is 0 Å². The van der Waals surface area contributed by atoms with E-state index in [9.17, 15) is 0 Å². The quantitative estimate of drug-likeness (QED) is 0.153. The third kappa shape index (κ3) is 5.65. The van der Waals surface area contributed by atoms with Crippen LogP contribution in [0.25, 0.3) is 92.8 Å². The Morgan fingerprint density at radius 1 is 0.250 bits per heavy atom. The lowest BCUT2D eigenvalue weighted by Crippen LogP contribution is -2.09. The second kappa shape index (κ2) is 13.9. The monoisotopic (exact) mass is 762 g/mol. The summed E-state index contributed by atoms with van der Waals surface area (Å²) in [5, 5.41) is 12.6. The van der Waals surface area contributed by atoms with Gasteiger partial charge < -0.3 is 9.47 Å². The van der Waals surface area contributed by atoms with Crippen molar-refractivity contribution in [1.29, 1.82) is 0 Å². The molecule has 11 aromatic carbocycles. The van der Waals surface area contributed by atoms with E-state index in [-0.39, 0.29) is 0 Å². The fourth-order valence-corrected chi connectivity index (χ4v) is 9.37. The van der Waals surface area contributed by atoms with E-state index < -0.39 is 0 Å². The minimum Gasteiger partial charge on any atom is -0.310 e. The Hall–Kier alpha value is -7.94. The van der Waals surface area contributed by atoms with E-state index in [4.69, 9.17) is 0 Å². The molecule has 0 aliphatic rings. The van der Waals surface area contributed by atoms with Gasteiger partial charge in [-0.3, -0.25) is 0 Å². The first-order chi connectivity index (χ1) is 29.7. The van der Waals surface area contributed by atoms with Crippen LogP contribution >= 0.6 is 0 Å². The fourth-order valence-electron chi connectivity index (χ4n) is 9.37. The summed E-state index contributed by atoms with van der Waals surface area (Å²) in [6.07, 6.45) is 0. The van der Waals surface area contributed by atoms with E-state index in [1.807, 2.05) is 0 Å². The number of rotatable bonds is 6. The van der Waals surface area contributed by atoms with Crippen LogP contribution in [-0.2, 0) is 0 Å². The molecule has 1 heterocycles. The van der Waals surface area contributed by atoms with Gasteiger partial charge in [-0.05, 0) is 138 Å². The number of anilines is 3. The van der Waals surface area contributed by atoms with Crippen LogP contribution in [0.3, 0.4) is 0 Å². The van der Waals surface area contributed by atoms with Crippen LogP contribution in [0, 0.1) is 0 Å². The number of fused-ring (bicyclic) bond motifs is 9. The molecule has 280 valence electrons. The molecule has 0 spiro atoms. The van der Waals surface area contributed by atoms with Gasteiger partial charge in [-0.25, -0.2) is 0 Å². The predicted molar refractivity (Wildman–Crippen MR) is 256 cm³/mol. The maximum atomic E-state index is 2.39. The number of aromatic nitrogens is 1. The molecule has 0 saturated carbocycles. The van der Waals surface area contributed by atoms with Crippen molar-refractivity contribution >= 4 is 82.0 Å². The number of nitrogens with zero attached hydrogens (tertiary/aromatic N) is 2. The minimum atomic E-state index is 1.10. The first-order valence-corrected chi connectivity index (χ1v) is 20.7. The predicted octanol–water partition coefficient (Wildman–Crippen LogP) is 16.2. The summed E-state index contributed by atoms with van der Waals surface area (Å²) >= 11 is 0. The van der Waals surface area contributed by atoms with Gasteiger partial charge in [0.15, 0.2) is 0 Å². The summed E-state index contributed by atoms with van der Waals surface area (Å²) in [5.41, 5.74) is 11.7. The van der Waals surface area contributed by atoms with E-state index in [0.29, 0.717) is 0 Å². The highest BCUT2D eigenvalue weighted by Crippen LogP contribution is 2.41. The third-order valence-corrected chi connectivity index (χ3v) is 12.3. The van der Waals surface area contributed by atoms with E-state index >= 15 is 0 Å². The summed E-state index contributed by atoms with van der Waals surface area (Å²) < 4.78 is 2.37. The maximum Gasteiger partial charge on any atom is 0.0541 e. The summed E-state index contributed by atoms with van der Waals surface area (Å²) in [4.78, 5) is 2.39. The molecule has 12 aromatic rings. The number of benzene rings is 11. The van der Waals surface area contributed by atoms with E-state index in [1.54, 1.807) is 0 Å². The zero-order chi connectivity index (χ0) is 39.6. The Bertz CT molecular complexity index is 3580.